The summed E-state index contributed by atoms with van der Waals surface area (Å²) >= 11 is 0. The summed E-state index contributed by atoms with van der Waals surface area (Å²) in [6.45, 7) is 1.53. The lowest BCUT2D eigenvalue weighted by Crippen LogP contribution is -2.13. The standard InChI is InChI=1S/C19H16N4O5S/c1-2-29(27,28)18-12-11-16(21-22-18)13-7-9-14(10-8-13)20-19(24)15-5-3-4-6-17(15)23(25)26/h3-12H,2H2,1H3,(H,20,24). The van der Waals surface area contributed by atoms with Gasteiger partial charge in [-0.2, -0.15) is 0 Å². The van der Waals surface area contributed by atoms with E-state index < -0.39 is 20.7 Å². The molecule has 1 aromatic heterocycles. The number of carbonyl (C=O) groups excluding carboxylic acids is 1. The highest BCUT2D eigenvalue weighted by Crippen LogP contribution is 2.22. The van der Waals surface area contributed by atoms with E-state index >= 15 is 0 Å². The largest absolute Gasteiger partial charge is 0.322 e. The maximum absolute atomic E-state index is 12.4. The number of sulfone groups is 1. The second kappa shape index (κ2) is 8.15. The van der Waals surface area contributed by atoms with Crippen LogP contribution in [0.5, 0.6) is 0 Å². The number of anilines is 1. The smallest absolute Gasteiger partial charge is 0.282 e. The molecular weight excluding hydrogens is 396 g/mol. The Balaban J connectivity index is 1.77. The lowest BCUT2D eigenvalue weighted by Gasteiger charge is -2.07. The van der Waals surface area contributed by atoms with E-state index in [0.29, 0.717) is 16.9 Å². The highest BCUT2D eigenvalue weighted by Gasteiger charge is 2.19. The third kappa shape index (κ3) is 4.43. The predicted octanol–water partition coefficient (Wildman–Crippen LogP) is 3.10. The average Bonchev–Trinajstić information content (AvgIpc) is 2.74. The van der Waals surface area contributed by atoms with Crippen LogP contribution < -0.4 is 5.32 Å². The van der Waals surface area contributed by atoms with Crippen LogP contribution >= 0.6 is 0 Å². The molecule has 10 heteroatoms. The van der Waals surface area contributed by atoms with Gasteiger partial charge in [0.2, 0.25) is 0 Å². The van der Waals surface area contributed by atoms with Crippen LogP contribution in [0.3, 0.4) is 0 Å². The first kappa shape index (κ1) is 20.1. The van der Waals surface area contributed by atoms with Gasteiger partial charge in [-0.25, -0.2) is 8.42 Å². The van der Waals surface area contributed by atoms with Crippen molar-refractivity contribution in [2.24, 2.45) is 0 Å². The summed E-state index contributed by atoms with van der Waals surface area (Å²) in [6.07, 6.45) is 0. The van der Waals surface area contributed by atoms with E-state index in [1.165, 1.54) is 31.2 Å². The number of benzene rings is 2. The van der Waals surface area contributed by atoms with Gasteiger partial charge in [0.15, 0.2) is 14.9 Å². The molecule has 0 saturated carbocycles. The number of nitrogens with one attached hydrogen (secondary N) is 1. The molecule has 1 N–H and O–H groups in total. The third-order valence-electron chi connectivity index (χ3n) is 4.12. The van der Waals surface area contributed by atoms with Gasteiger partial charge in [-0.3, -0.25) is 14.9 Å². The van der Waals surface area contributed by atoms with Crippen molar-refractivity contribution in [3.63, 3.8) is 0 Å². The maximum Gasteiger partial charge on any atom is 0.282 e. The molecule has 0 aliphatic rings. The zero-order valence-corrected chi connectivity index (χ0v) is 16.1. The van der Waals surface area contributed by atoms with E-state index in [2.05, 4.69) is 15.5 Å². The molecule has 0 atom stereocenters. The first-order valence-electron chi connectivity index (χ1n) is 8.53. The van der Waals surface area contributed by atoms with Gasteiger partial charge in [0.1, 0.15) is 5.56 Å². The first-order valence-corrected chi connectivity index (χ1v) is 10.2. The molecule has 0 fully saturated rings. The van der Waals surface area contributed by atoms with Gasteiger partial charge in [-0.05, 0) is 30.3 Å². The summed E-state index contributed by atoms with van der Waals surface area (Å²) in [7, 11) is -3.42. The van der Waals surface area contributed by atoms with Crippen molar-refractivity contribution in [1.82, 2.24) is 10.2 Å². The molecule has 0 aliphatic carbocycles. The molecule has 0 unspecified atom stereocenters. The molecule has 0 bridgehead atoms. The average molecular weight is 412 g/mol. The van der Waals surface area contributed by atoms with Crippen molar-refractivity contribution in [2.45, 2.75) is 11.9 Å². The number of carbonyl (C=O) groups is 1. The molecule has 3 aromatic rings. The number of rotatable bonds is 6. The zero-order chi connectivity index (χ0) is 21.0. The van der Waals surface area contributed by atoms with Gasteiger partial charge < -0.3 is 5.32 Å². The first-order chi connectivity index (χ1) is 13.8. The van der Waals surface area contributed by atoms with Crippen LogP contribution in [0, 0.1) is 10.1 Å². The Morgan fingerprint density at radius 2 is 1.72 bits per heavy atom. The minimum absolute atomic E-state index is 0.0415. The molecule has 29 heavy (non-hydrogen) atoms. The fraction of sp³-hybridized carbons (Fsp3) is 0.105. The van der Waals surface area contributed by atoms with Gasteiger partial charge in [-0.1, -0.05) is 31.2 Å². The molecule has 1 amide bonds. The number of amides is 1. The van der Waals surface area contributed by atoms with Crippen LogP contribution in [-0.4, -0.2) is 35.2 Å². The Labute approximate surface area is 166 Å². The third-order valence-corrected chi connectivity index (χ3v) is 5.74. The van der Waals surface area contributed by atoms with Gasteiger partial charge in [0, 0.05) is 17.3 Å². The number of hydrogen-bond donors (Lipinski definition) is 1. The minimum Gasteiger partial charge on any atom is -0.322 e. The highest BCUT2D eigenvalue weighted by atomic mass is 32.2. The molecule has 2 aromatic carbocycles. The Kier molecular flexibility index (Phi) is 5.64. The molecule has 148 valence electrons. The van der Waals surface area contributed by atoms with Gasteiger partial charge >= 0.3 is 0 Å². The van der Waals surface area contributed by atoms with Crippen molar-refractivity contribution in [3.05, 3.63) is 76.3 Å². The molecule has 9 nitrogen and oxygen atoms in total. The second-order valence-corrected chi connectivity index (χ2v) is 8.19. The Morgan fingerprint density at radius 1 is 1.03 bits per heavy atom. The fourth-order valence-corrected chi connectivity index (χ4v) is 3.27. The van der Waals surface area contributed by atoms with Crippen LogP contribution in [0.4, 0.5) is 11.4 Å². The van der Waals surface area contributed by atoms with E-state index in [1.54, 1.807) is 36.4 Å². The number of nitrogens with zero attached hydrogens (tertiary/aromatic N) is 3. The van der Waals surface area contributed by atoms with Crippen molar-refractivity contribution >= 4 is 27.1 Å². The molecule has 0 saturated heterocycles. The minimum atomic E-state index is -3.42. The topological polar surface area (TPSA) is 132 Å². The summed E-state index contributed by atoms with van der Waals surface area (Å²) < 4.78 is 23.6. The van der Waals surface area contributed by atoms with Crippen molar-refractivity contribution < 1.29 is 18.1 Å². The highest BCUT2D eigenvalue weighted by molar-refractivity contribution is 7.91. The Bertz CT molecular complexity index is 1160. The number of hydrogen-bond acceptors (Lipinski definition) is 7. The summed E-state index contributed by atoms with van der Waals surface area (Å²) in [6, 6.07) is 15.2. The lowest BCUT2D eigenvalue weighted by molar-refractivity contribution is -0.385. The quantitative estimate of drug-likeness (QED) is 0.486. The predicted molar refractivity (Wildman–Crippen MR) is 106 cm³/mol. The lowest BCUT2D eigenvalue weighted by atomic mass is 10.1. The molecule has 0 spiro atoms. The molecule has 3 rings (SSSR count). The number of nitro benzene ring substituents is 1. The van der Waals surface area contributed by atoms with E-state index in [9.17, 15) is 23.3 Å². The van der Waals surface area contributed by atoms with Gasteiger partial charge in [-0.15, -0.1) is 10.2 Å². The summed E-state index contributed by atoms with van der Waals surface area (Å²) in [4.78, 5) is 22.8. The summed E-state index contributed by atoms with van der Waals surface area (Å²) in [5.74, 6) is -0.659. The second-order valence-electron chi connectivity index (χ2n) is 5.97. The number of nitro groups is 1. The van der Waals surface area contributed by atoms with Gasteiger partial charge in [0.05, 0.1) is 16.4 Å². The number of aromatic nitrogens is 2. The Morgan fingerprint density at radius 3 is 2.31 bits per heavy atom. The summed E-state index contributed by atoms with van der Waals surface area (Å²) in [5.41, 5.74) is 1.26. The Hall–Kier alpha value is -3.66. The zero-order valence-electron chi connectivity index (χ0n) is 15.3. The summed E-state index contributed by atoms with van der Waals surface area (Å²) in [5, 5.41) is 21.3. The van der Waals surface area contributed by atoms with E-state index in [1.807, 2.05) is 0 Å². The number of para-hydroxylation sites is 1. The molecule has 0 aliphatic heterocycles. The maximum atomic E-state index is 12.4. The normalized spacial score (nSPS) is 11.1. The monoisotopic (exact) mass is 412 g/mol. The van der Waals surface area contributed by atoms with Crippen molar-refractivity contribution in [1.29, 1.82) is 0 Å². The fourth-order valence-electron chi connectivity index (χ4n) is 2.54. The molecule has 0 radical (unpaired) electrons. The van der Waals surface area contributed by atoms with Crippen LogP contribution in [0.25, 0.3) is 11.3 Å². The SMILES string of the molecule is CCS(=O)(=O)c1ccc(-c2ccc(NC(=O)c3ccccc3[N+](=O)[O-])cc2)nn1. The van der Waals surface area contributed by atoms with Crippen LogP contribution in [0.15, 0.2) is 65.7 Å². The molecular formula is C19H16N4O5S. The van der Waals surface area contributed by atoms with Gasteiger partial charge in [0.25, 0.3) is 11.6 Å². The van der Waals surface area contributed by atoms with Crippen LogP contribution in [-0.2, 0) is 9.84 Å². The van der Waals surface area contributed by atoms with E-state index in [0.717, 1.165) is 0 Å². The molecule has 1 heterocycles. The van der Waals surface area contributed by atoms with E-state index in [4.69, 9.17) is 0 Å². The van der Waals surface area contributed by atoms with Crippen LogP contribution in [0.1, 0.15) is 17.3 Å². The van der Waals surface area contributed by atoms with Crippen LogP contribution in [0.2, 0.25) is 0 Å². The van der Waals surface area contributed by atoms with Crippen molar-refractivity contribution in [2.75, 3.05) is 11.1 Å². The van der Waals surface area contributed by atoms with Crippen molar-refractivity contribution in [3.8, 4) is 11.3 Å². The van der Waals surface area contributed by atoms with E-state index in [-0.39, 0.29) is 22.0 Å².